The van der Waals surface area contributed by atoms with E-state index >= 15 is 0 Å². The zero-order valence-electron chi connectivity index (χ0n) is 17.6. The molecule has 0 aliphatic heterocycles. The van der Waals surface area contributed by atoms with Crippen LogP contribution < -0.4 is 5.32 Å². The molecule has 32 heavy (non-hydrogen) atoms. The van der Waals surface area contributed by atoms with E-state index in [1.165, 1.54) is 10.4 Å². The number of carbonyl (C=O) groups is 1. The van der Waals surface area contributed by atoms with Gasteiger partial charge in [-0.15, -0.1) is 22.7 Å². The zero-order chi connectivity index (χ0) is 22.3. The molecule has 0 fully saturated rings. The van der Waals surface area contributed by atoms with Crippen LogP contribution in [0.4, 0.5) is 5.00 Å². The van der Waals surface area contributed by atoms with Crippen molar-refractivity contribution in [2.24, 2.45) is 0 Å². The summed E-state index contributed by atoms with van der Waals surface area (Å²) in [4.78, 5) is 19.1. The molecule has 0 atom stereocenters. The van der Waals surface area contributed by atoms with Crippen molar-refractivity contribution in [1.82, 2.24) is 4.98 Å². The minimum absolute atomic E-state index is 0.162. The van der Waals surface area contributed by atoms with Crippen molar-refractivity contribution < 1.29 is 13.2 Å². The molecule has 1 amide bonds. The Morgan fingerprint density at radius 3 is 2.56 bits per heavy atom. The predicted molar refractivity (Wildman–Crippen MR) is 131 cm³/mol. The van der Waals surface area contributed by atoms with Gasteiger partial charge in [-0.3, -0.25) is 4.79 Å². The van der Waals surface area contributed by atoms with Crippen molar-refractivity contribution in [3.63, 3.8) is 0 Å². The van der Waals surface area contributed by atoms with Gasteiger partial charge in [0.15, 0.2) is 9.84 Å². The number of hydrogen-bond donors (Lipinski definition) is 1. The average Bonchev–Trinajstić information content (AvgIpc) is 3.33. The number of rotatable bonds is 5. The number of aryl methyl sites for hydroxylation is 2. The van der Waals surface area contributed by atoms with Crippen molar-refractivity contribution in [2.45, 2.75) is 37.5 Å². The third-order valence-electron chi connectivity index (χ3n) is 5.63. The van der Waals surface area contributed by atoms with Gasteiger partial charge in [0.05, 0.1) is 15.1 Å². The van der Waals surface area contributed by atoms with Gasteiger partial charge in [0, 0.05) is 10.4 Å². The van der Waals surface area contributed by atoms with E-state index in [2.05, 4.69) is 5.32 Å². The fourth-order valence-corrected chi connectivity index (χ4v) is 7.57. The Hall–Kier alpha value is -2.55. The van der Waals surface area contributed by atoms with Gasteiger partial charge < -0.3 is 5.32 Å². The van der Waals surface area contributed by atoms with E-state index in [9.17, 15) is 13.2 Å². The van der Waals surface area contributed by atoms with E-state index in [1.807, 2.05) is 31.2 Å². The number of amides is 1. The predicted octanol–water partition coefficient (Wildman–Crippen LogP) is 5.62. The number of nitrogens with zero attached hydrogens (tertiary/aromatic N) is 1. The average molecular weight is 483 g/mol. The Balaban J connectivity index is 1.47. The molecule has 2 aromatic carbocycles. The molecule has 0 bridgehead atoms. The largest absolute Gasteiger partial charge is 0.316 e. The molecule has 164 valence electrons. The van der Waals surface area contributed by atoms with Gasteiger partial charge >= 0.3 is 0 Å². The number of fused-ring (bicyclic) bond motifs is 2. The second kappa shape index (κ2) is 8.42. The SMILES string of the molecule is Cc1ccc(S(=O)(=O)CC(=O)Nc2sc3c(c2-c2nc4ccccc4s2)CCCC3)cc1. The monoisotopic (exact) mass is 482 g/mol. The molecule has 1 aliphatic rings. The minimum atomic E-state index is -3.72. The van der Waals surface area contributed by atoms with Crippen molar-refractivity contribution in [1.29, 1.82) is 0 Å². The van der Waals surface area contributed by atoms with Crippen LogP contribution in [0.3, 0.4) is 0 Å². The van der Waals surface area contributed by atoms with Crippen LogP contribution in [0.15, 0.2) is 53.4 Å². The van der Waals surface area contributed by atoms with Gasteiger partial charge in [-0.25, -0.2) is 13.4 Å². The van der Waals surface area contributed by atoms with Crippen LogP contribution in [0, 0.1) is 6.92 Å². The summed E-state index contributed by atoms with van der Waals surface area (Å²) in [6, 6.07) is 14.6. The molecule has 1 aliphatic carbocycles. The normalized spacial score (nSPS) is 13.8. The van der Waals surface area contributed by atoms with Gasteiger partial charge in [-0.1, -0.05) is 29.8 Å². The number of sulfone groups is 1. The molecule has 4 aromatic rings. The summed E-state index contributed by atoms with van der Waals surface area (Å²) in [5.41, 5.74) is 4.12. The van der Waals surface area contributed by atoms with E-state index in [-0.39, 0.29) is 4.90 Å². The Kier molecular flexibility index (Phi) is 5.61. The zero-order valence-corrected chi connectivity index (χ0v) is 20.0. The second-order valence-electron chi connectivity index (χ2n) is 8.02. The number of thiophene rings is 1. The highest BCUT2D eigenvalue weighted by Crippen LogP contribution is 2.46. The summed E-state index contributed by atoms with van der Waals surface area (Å²) in [5, 5.41) is 4.50. The molecule has 5 rings (SSSR count). The molecule has 8 heteroatoms. The van der Waals surface area contributed by atoms with Crippen LogP contribution in [0.25, 0.3) is 20.8 Å². The van der Waals surface area contributed by atoms with Crippen molar-refractivity contribution in [3.8, 4) is 10.6 Å². The summed E-state index contributed by atoms with van der Waals surface area (Å²) >= 11 is 3.17. The highest BCUT2D eigenvalue weighted by molar-refractivity contribution is 7.92. The number of thiazole rings is 1. The van der Waals surface area contributed by atoms with Crippen LogP contribution in [0.2, 0.25) is 0 Å². The molecule has 2 heterocycles. The van der Waals surface area contributed by atoms with Gasteiger partial charge in [-0.2, -0.15) is 0 Å². The van der Waals surface area contributed by atoms with Crippen LogP contribution >= 0.6 is 22.7 Å². The minimum Gasteiger partial charge on any atom is -0.316 e. The highest BCUT2D eigenvalue weighted by Gasteiger charge is 2.26. The standard InChI is InChI=1S/C24H22N2O3S3/c1-15-10-12-16(13-11-15)32(28,29)14-21(27)26-24-22(17-6-2-4-8-19(17)30-24)23-25-18-7-3-5-9-20(18)31-23/h3,5,7,9-13H,2,4,6,8,14H2,1H3,(H,26,27). The third kappa shape index (κ3) is 4.10. The molecule has 0 saturated heterocycles. The fourth-order valence-electron chi connectivity index (χ4n) is 4.02. The summed E-state index contributed by atoms with van der Waals surface area (Å²) in [7, 11) is -3.72. The molecule has 0 saturated carbocycles. The lowest BCUT2D eigenvalue weighted by atomic mass is 9.96. The van der Waals surface area contributed by atoms with E-state index in [0.717, 1.165) is 52.0 Å². The Morgan fingerprint density at radius 2 is 1.78 bits per heavy atom. The van der Waals surface area contributed by atoms with Crippen molar-refractivity contribution in [2.75, 3.05) is 11.1 Å². The number of carbonyl (C=O) groups excluding carboxylic acids is 1. The lowest BCUT2D eigenvalue weighted by Gasteiger charge is -2.12. The van der Waals surface area contributed by atoms with Gasteiger partial charge in [-0.05, 0) is 62.4 Å². The molecule has 0 spiro atoms. The quantitative estimate of drug-likeness (QED) is 0.400. The highest BCUT2D eigenvalue weighted by atomic mass is 32.2. The van der Waals surface area contributed by atoms with E-state index in [0.29, 0.717) is 5.00 Å². The van der Waals surface area contributed by atoms with E-state index in [4.69, 9.17) is 4.98 Å². The molecule has 5 nitrogen and oxygen atoms in total. The number of para-hydroxylation sites is 1. The topological polar surface area (TPSA) is 76.1 Å². The number of hydrogen-bond acceptors (Lipinski definition) is 6. The first kappa shape index (κ1) is 21.3. The summed E-state index contributed by atoms with van der Waals surface area (Å²) in [6.07, 6.45) is 4.17. The summed E-state index contributed by atoms with van der Waals surface area (Å²) < 4.78 is 26.6. The van der Waals surface area contributed by atoms with Gasteiger partial charge in [0.25, 0.3) is 0 Å². The number of benzene rings is 2. The van der Waals surface area contributed by atoms with Gasteiger partial charge in [0.2, 0.25) is 5.91 Å². The van der Waals surface area contributed by atoms with Crippen LogP contribution in [-0.4, -0.2) is 25.1 Å². The van der Waals surface area contributed by atoms with Crippen LogP contribution in [-0.2, 0) is 27.5 Å². The van der Waals surface area contributed by atoms with Crippen molar-refractivity contribution in [3.05, 3.63) is 64.5 Å². The summed E-state index contributed by atoms with van der Waals surface area (Å²) in [5.74, 6) is -1.11. The van der Waals surface area contributed by atoms with Crippen LogP contribution in [0.1, 0.15) is 28.8 Å². The maximum Gasteiger partial charge on any atom is 0.240 e. The van der Waals surface area contributed by atoms with E-state index < -0.39 is 21.5 Å². The molecule has 2 aromatic heterocycles. The molecular weight excluding hydrogens is 460 g/mol. The number of aromatic nitrogens is 1. The van der Waals surface area contributed by atoms with Crippen LogP contribution in [0.5, 0.6) is 0 Å². The molecule has 1 N–H and O–H groups in total. The smallest absolute Gasteiger partial charge is 0.240 e. The third-order valence-corrected chi connectivity index (χ3v) is 9.53. The first-order chi connectivity index (χ1) is 15.4. The Bertz CT molecular complexity index is 1380. The van der Waals surface area contributed by atoms with Crippen molar-refractivity contribution >= 4 is 53.6 Å². The maximum atomic E-state index is 12.8. The first-order valence-corrected chi connectivity index (χ1v) is 13.8. The Labute approximate surface area is 195 Å². The Morgan fingerprint density at radius 1 is 1.03 bits per heavy atom. The maximum absolute atomic E-state index is 12.8. The summed E-state index contributed by atoms with van der Waals surface area (Å²) in [6.45, 7) is 1.89. The number of nitrogens with one attached hydrogen (secondary N) is 1. The van der Waals surface area contributed by atoms with E-state index in [1.54, 1.807) is 46.9 Å². The molecule has 0 radical (unpaired) electrons. The lowest BCUT2D eigenvalue weighted by molar-refractivity contribution is -0.113. The molecular formula is C24H22N2O3S3. The second-order valence-corrected chi connectivity index (χ2v) is 12.1. The lowest BCUT2D eigenvalue weighted by Crippen LogP contribution is -2.22. The molecule has 0 unspecified atom stereocenters. The fraction of sp³-hybridized carbons (Fsp3) is 0.250. The van der Waals surface area contributed by atoms with Gasteiger partial charge in [0.1, 0.15) is 15.8 Å². The first-order valence-electron chi connectivity index (χ1n) is 10.5. The number of anilines is 1.